The maximum atomic E-state index is 9.29. The number of fused-ring (bicyclic) bond motifs is 1. The van der Waals surface area contributed by atoms with Crippen molar-refractivity contribution in [2.45, 2.75) is 44.2 Å². The van der Waals surface area contributed by atoms with Crippen LogP contribution in [0.4, 0.5) is 5.00 Å². The van der Waals surface area contributed by atoms with Crippen LogP contribution in [0.2, 0.25) is 0 Å². The molecule has 0 aromatic carbocycles. The van der Waals surface area contributed by atoms with Gasteiger partial charge in [0.15, 0.2) is 0 Å². The number of anilines is 1. The molecule has 1 fully saturated rings. The van der Waals surface area contributed by atoms with Crippen LogP contribution in [0.15, 0.2) is 0 Å². The Morgan fingerprint density at radius 2 is 2.35 bits per heavy atom. The third-order valence-corrected chi connectivity index (χ3v) is 5.53. The Bertz CT molecular complexity index is 514. The van der Waals surface area contributed by atoms with E-state index in [1.165, 1.54) is 23.3 Å². The van der Waals surface area contributed by atoms with E-state index >= 15 is 0 Å². The van der Waals surface area contributed by atoms with Crippen LogP contribution in [0.3, 0.4) is 0 Å². The van der Waals surface area contributed by atoms with Crippen LogP contribution in [0.1, 0.15) is 35.3 Å². The lowest BCUT2D eigenvalue weighted by atomic mass is 9.92. The largest absolute Gasteiger partial charge is 0.379 e. The Labute approximate surface area is 124 Å². The van der Waals surface area contributed by atoms with E-state index in [1.54, 1.807) is 11.3 Å². The predicted octanol–water partition coefficient (Wildman–Crippen LogP) is 2.29. The monoisotopic (exact) mass is 291 g/mol. The first-order valence-corrected chi connectivity index (χ1v) is 8.21. The van der Waals surface area contributed by atoms with Crippen LogP contribution in [-0.4, -0.2) is 32.3 Å². The summed E-state index contributed by atoms with van der Waals surface area (Å²) in [6, 6.07) is 2.88. The van der Waals surface area contributed by atoms with E-state index in [9.17, 15) is 5.26 Å². The highest BCUT2D eigenvalue weighted by Crippen LogP contribution is 2.37. The summed E-state index contributed by atoms with van der Waals surface area (Å²) in [5.41, 5.74) is 2.14. The quantitative estimate of drug-likeness (QED) is 0.893. The molecule has 1 aromatic heterocycles. The summed E-state index contributed by atoms with van der Waals surface area (Å²) in [6.07, 6.45) is 5.97. The summed E-state index contributed by atoms with van der Waals surface area (Å²) in [5.74, 6) is 0. The van der Waals surface area contributed by atoms with E-state index in [0.29, 0.717) is 12.1 Å². The lowest BCUT2D eigenvalue weighted by Gasteiger charge is -2.24. The third-order valence-electron chi connectivity index (χ3n) is 4.26. The minimum absolute atomic E-state index is 0.405. The Balaban J connectivity index is 1.63. The summed E-state index contributed by atoms with van der Waals surface area (Å²) >= 11 is 1.74. The highest BCUT2D eigenvalue weighted by molar-refractivity contribution is 7.16. The van der Waals surface area contributed by atoms with Gasteiger partial charge in [0.2, 0.25) is 0 Å². The van der Waals surface area contributed by atoms with Gasteiger partial charge in [-0.2, -0.15) is 5.26 Å². The van der Waals surface area contributed by atoms with Gasteiger partial charge in [-0.1, -0.05) is 0 Å². The molecule has 5 heteroatoms. The van der Waals surface area contributed by atoms with Gasteiger partial charge in [0.05, 0.1) is 11.7 Å². The van der Waals surface area contributed by atoms with Crippen LogP contribution in [-0.2, 0) is 17.6 Å². The summed E-state index contributed by atoms with van der Waals surface area (Å²) in [7, 11) is 1.89. The van der Waals surface area contributed by atoms with Crippen molar-refractivity contribution in [2.24, 2.45) is 0 Å². The van der Waals surface area contributed by atoms with E-state index in [0.717, 1.165) is 43.0 Å². The number of thiophene rings is 1. The lowest BCUT2D eigenvalue weighted by molar-refractivity contribution is 0.107. The second-order valence-electron chi connectivity index (χ2n) is 5.55. The smallest absolute Gasteiger partial charge is 0.107 e. The van der Waals surface area contributed by atoms with Gasteiger partial charge in [-0.05, 0) is 37.7 Å². The number of hydrogen-bond donors (Lipinski definition) is 2. The third kappa shape index (κ3) is 2.69. The molecule has 1 aliphatic carbocycles. The summed E-state index contributed by atoms with van der Waals surface area (Å²) in [5, 5.41) is 17.1. The maximum absolute atomic E-state index is 9.29. The zero-order chi connectivity index (χ0) is 13.9. The lowest BCUT2D eigenvalue weighted by Crippen LogP contribution is -2.38. The minimum Gasteiger partial charge on any atom is -0.379 e. The Kier molecular flexibility index (Phi) is 4.25. The van der Waals surface area contributed by atoms with Gasteiger partial charge in [-0.3, -0.25) is 0 Å². The Hall–Kier alpha value is -1.09. The summed E-state index contributed by atoms with van der Waals surface area (Å²) in [6.45, 7) is 1.89. The van der Waals surface area contributed by atoms with Gasteiger partial charge < -0.3 is 15.4 Å². The molecule has 2 atom stereocenters. The molecule has 108 valence electrons. The standard InChI is InChI=1S/C15H21N3OS/c1-17-15-13(8-16)12-5-4-10(7-14(12)20-15)18-9-11-3-2-6-19-11/h10-11,17-18H,2-7,9H2,1H3. The zero-order valence-corrected chi connectivity index (χ0v) is 12.7. The molecule has 2 heterocycles. The molecule has 2 aliphatic rings. The van der Waals surface area contributed by atoms with Crippen molar-refractivity contribution in [2.75, 3.05) is 25.5 Å². The molecule has 0 amide bonds. The second-order valence-corrected chi connectivity index (χ2v) is 6.66. The van der Waals surface area contributed by atoms with Crippen molar-refractivity contribution in [3.05, 3.63) is 16.0 Å². The van der Waals surface area contributed by atoms with Crippen LogP contribution < -0.4 is 10.6 Å². The molecule has 1 saturated heterocycles. The van der Waals surface area contributed by atoms with Crippen molar-refractivity contribution >= 4 is 16.3 Å². The molecule has 4 nitrogen and oxygen atoms in total. The fourth-order valence-corrected chi connectivity index (χ4v) is 4.39. The summed E-state index contributed by atoms with van der Waals surface area (Å²) in [4.78, 5) is 1.38. The number of rotatable bonds is 4. The average molecular weight is 291 g/mol. The van der Waals surface area contributed by atoms with Gasteiger partial charge in [-0.25, -0.2) is 0 Å². The Morgan fingerprint density at radius 1 is 1.45 bits per heavy atom. The molecule has 0 radical (unpaired) electrons. The molecule has 0 spiro atoms. The van der Waals surface area contributed by atoms with Crippen molar-refractivity contribution in [1.82, 2.24) is 5.32 Å². The van der Waals surface area contributed by atoms with Crippen molar-refractivity contribution in [3.8, 4) is 6.07 Å². The molecule has 20 heavy (non-hydrogen) atoms. The van der Waals surface area contributed by atoms with Crippen LogP contribution in [0.5, 0.6) is 0 Å². The maximum Gasteiger partial charge on any atom is 0.107 e. The Morgan fingerprint density at radius 3 is 3.05 bits per heavy atom. The topological polar surface area (TPSA) is 57.1 Å². The SMILES string of the molecule is CNc1sc2c(c1C#N)CCC(NCC1CCCO1)C2. The van der Waals surface area contributed by atoms with Crippen molar-refractivity contribution in [3.63, 3.8) is 0 Å². The number of nitriles is 1. The van der Waals surface area contributed by atoms with E-state index in [4.69, 9.17) is 4.74 Å². The van der Waals surface area contributed by atoms with Gasteiger partial charge in [-0.15, -0.1) is 11.3 Å². The van der Waals surface area contributed by atoms with E-state index in [1.807, 2.05) is 7.05 Å². The van der Waals surface area contributed by atoms with E-state index in [-0.39, 0.29) is 0 Å². The molecular formula is C15H21N3OS. The second kappa shape index (κ2) is 6.13. The fourth-order valence-electron chi connectivity index (χ4n) is 3.16. The summed E-state index contributed by atoms with van der Waals surface area (Å²) < 4.78 is 5.66. The molecule has 0 bridgehead atoms. The zero-order valence-electron chi connectivity index (χ0n) is 11.9. The van der Waals surface area contributed by atoms with Crippen LogP contribution >= 0.6 is 11.3 Å². The molecule has 1 aromatic rings. The van der Waals surface area contributed by atoms with E-state index in [2.05, 4.69) is 16.7 Å². The number of hydrogen-bond acceptors (Lipinski definition) is 5. The van der Waals surface area contributed by atoms with Gasteiger partial charge in [0.25, 0.3) is 0 Å². The molecule has 2 N–H and O–H groups in total. The fraction of sp³-hybridized carbons (Fsp3) is 0.667. The number of nitrogens with one attached hydrogen (secondary N) is 2. The highest BCUT2D eigenvalue weighted by atomic mass is 32.1. The number of nitrogens with zero attached hydrogens (tertiary/aromatic N) is 1. The van der Waals surface area contributed by atoms with Crippen LogP contribution in [0.25, 0.3) is 0 Å². The average Bonchev–Trinajstić information content (AvgIpc) is 3.11. The van der Waals surface area contributed by atoms with Crippen molar-refractivity contribution in [1.29, 1.82) is 5.26 Å². The number of ether oxygens (including phenoxy) is 1. The van der Waals surface area contributed by atoms with E-state index < -0.39 is 0 Å². The van der Waals surface area contributed by atoms with Gasteiger partial charge >= 0.3 is 0 Å². The minimum atomic E-state index is 0.405. The first-order chi connectivity index (χ1) is 9.81. The highest BCUT2D eigenvalue weighted by Gasteiger charge is 2.26. The normalized spacial score (nSPS) is 25.2. The first-order valence-electron chi connectivity index (χ1n) is 7.39. The van der Waals surface area contributed by atoms with Gasteiger partial charge in [0.1, 0.15) is 11.1 Å². The van der Waals surface area contributed by atoms with Gasteiger partial charge in [0, 0.05) is 31.1 Å². The van der Waals surface area contributed by atoms with Crippen LogP contribution in [0, 0.1) is 11.3 Å². The molecule has 1 aliphatic heterocycles. The molecule has 3 rings (SSSR count). The molecular weight excluding hydrogens is 270 g/mol. The first kappa shape index (κ1) is 13.9. The van der Waals surface area contributed by atoms with Crippen molar-refractivity contribution < 1.29 is 4.74 Å². The molecule has 2 unspecified atom stereocenters. The molecule has 0 saturated carbocycles. The predicted molar refractivity (Wildman–Crippen MR) is 81.4 cm³/mol.